The van der Waals surface area contributed by atoms with Gasteiger partial charge in [-0.3, -0.25) is 0 Å². The molecule has 3 nitrogen and oxygen atoms in total. The summed E-state index contributed by atoms with van der Waals surface area (Å²) in [6.07, 6.45) is 0. The van der Waals surface area contributed by atoms with Crippen LogP contribution in [0.4, 0.5) is 5.69 Å². The highest BCUT2D eigenvalue weighted by Crippen LogP contribution is 2.11. The summed E-state index contributed by atoms with van der Waals surface area (Å²) in [5, 5.41) is 3.36. The molecule has 0 aliphatic heterocycles. The normalized spacial score (nSPS) is 10.4. The molecule has 0 radical (unpaired) electrons. The standard InChI is InChI=1S/C15H24N2O/c1-13(2)12-18-10-9-16-11-14-5-7-15(8-6-14)17(3)4/h5-8,16H,1,9-12H2,2-4H3. The van der Waals surface area contributed by atoms with E-state index in [9.17, 15) is 0 Å². The molecular weight excluding hydrogens is 224 g/mol. The molecule has 18 heavy (non-hydrogen) atoms. The molecule has 0 bridgehead atoms. The van der Waals surface area contributed by atoms with Crippen LogP contribution in [0.3, 0.4) is 0 Å². The predicted octanol–water partition coefficient (Wildman–Crippen LogP) is 2.43. The first kappa shape index (κ1) is 14.7. The highest BCUT2D eigenvalue weighted by atomic mass is 16.5. The van der Waals surface area contributed by atoms with Crippen molar-refractivity contribution in [1.29, 1.82) is 0 Å². The zero-order valence-corrected chi connectivity index (χ0v) is 11.7. The molecule has 0 unspecified atom stereocenters. The van der Waals surface area contributed by atoms with E-state index in [-0.39, 0.29) is 0 Å². The fourth-order valence-corrected chi connectivity index (χ4v) is 1.54. The van der Waals surface area contributed by atoms with Crippen LogP contribution in [0.1, 0.15) is 12.5 Å². The van der Waals surface area contributed by atoms with E-state index in [1.807, 2.05) is 21.0 Å². The number of hydrogen-bond donors (Lipinski definition) is 1. The molecule has 1 N–H and O–H groups in total. The van der Waals surface area contributed by atoms with Crippen molar-refractivity contribution in [2.45, 2.75) is 13.5 Å². The van der Waals surface area contributed by atoms with Gasteiger partial charge >= 0.3 is 0 Å². The van der Waals surface area contributed by atoms with Crippen LogP contribution < -0.4 is 10.2 Å². The van der Waals surface area contributed by atoms with Gasteiger partial charge in [-0.05, 0) is 24.6 Å². The van der Waals surface area contributed by atoms with Gasteiger partial charge < -0.3 is 15.0 Å². The quantitative estimate of drug-likeness (QED) is 0.565. The first-order valence-electron chi connectivity index (χ1n) is 6.28. The fourth-order valence-electron chi connectivity index (χ4n) is 1.54. The molecule has 0 spiro atoms. The number of anilines is 1. The van der Waals surface area contributed by atoms with Crippen LogP contribution in [0.15, 0.2) is 36.4 Å². The minimum absolute atomic E-state index is 0.652. The summed E-state index contributed by atoms with van der Waals surface area (Å²) in [7, 11) is 4.10. The number of ether oxygens (including phenoxy) is 1. The number of benzene rings is 1. The lowest BCUT2D eigenvalue weighted by molar-refractivity contribution is 0.158. The summed E-state index contributed by atoms with van der Waals surface area (Å²) in [5.74, 6) is 0. The second-order valence-corrected chi connectivity index (χ2v) is 4.75. The molecule has 0 aliphatic carbocycles. The Morgan fingerprint density at radius 1 is 1.28 bits per heavy atom. The maximum atomic E-state index is 5.41. The largest absolute Gasteiger partial charge is 0.378 e. The third-order valence-corrected chi connectivity index (χ3v) is 2.55. The summed E-state index contributed by atoms with van der Waals surface area (Å²) in [4.78, 5) is 2.10. The predicted molar refractivity (Wildman–Crippen MR) is 78.1 cm³/mol. The summed E-state index contributed by atoms with van der Waals surface area (Å²) in [6.45, 7) is 8.89. The minimum atomic E-state index is 0.652. The third-order valence-electron chi connectivity index (χ3n) is 2.55. The van der Waals surface area contributed by atoms with Crippen LogP contribution in [-0.4, -0.2) is 33.9 Å². The second kappa shape index (κ2) is 7.90. The molecule has 0 saturated heterocycles. The van der Waals surface area contributed by atoms with Crippen LogP contribution >= 0.6 is 0 Å². The summed E-state index contributed by atoms with van der Waals surface area (Å²) >= 11 is 0. The van der Waals surface area contributed by atoms with E-state index >= 15 is 0 Å². The van der Waals surface area contributed by atoms with E-state index in [1.54, 1.807) is 0 Å². The highest BCUT2D eigenvalue weighted by Gasteiger charge is 1.96. The Kier molecular flexibility index (Phi) is 6.47. The van der Waals surface area contributed by atoms with Crippen molar-refractivity contribution < 1.29 is 4.74 Å². The SMILES string of the molecule is C=C(C)COCCNCc1ccc(N(C)C)cc1. The van der Waals surface area contributed by atoms with Crippen LogP contribution in [0.5, 0.6) is 0 Å². The Hall–Kier alpha value is -1.32. The lowest BCUT2D eigenvalue weighted by atomic mass is 10.2. The molecule has 0 aromatic heterocycles. The maximum absolute atomic E-state index is 5.41. The van der Waals surface area contributed by atoms with E-state index in [1.165, 1.54) is 11.3 Å². The maximum Gasteiger partial charge on any atom is 0.0672 e. The average Bonchev–Trinajstić information content (AvgIpc) is 2.34. The molecule has 0 heterocycles. The molecular formula is C15H24N2O. The van der Waals surface area contributed by atoms with Crippen molar-refractivity contribution in [3.8, 4) is 0 Å². The highest BCUT2D eigenvalue weighted by molar-refractivity contribution is 5.45. The summed E-state index contributed by atoms with van der Waals surface area (Å²) < 4.78 is 5.41. The Bertz CT molecular complexity index is 357. The molecule has 0 saturated carbocycles. The number of hydrogen-bond acceptors (Lipinski definition) is 3. The van der Waals surface area contributed by atoms with Gasteiger partial charge in [0, 0.05) is 32.9 Å². The molecule has 0 aliphatic rings. The van der Waals surface area contributed by atoms with Gasteiger partial charge in [-0.25, -0.2) is 0 Å². The van der Waals surface area contributed by atoms with Gasteiger partial charge in [0.15, 0.2) is 0 Å². The third kappa shape index (κ3) is 5.84. The Morgan fingerprint density at radius 2 is 1.94 bits per heavy atom. The molecule has 0 amide bonds. The monoisotopic (exact) mass is 248 g/mol. The van der Waals surface area contributed by atoms with E-state index in [0.29, 0.717) is 6.61 Å². The zero-order chi connectivity index (χ0) is 13.4. The minimum Gasteiger partial charge on any atom is -0.378 e. The van der Waals surface area contributed by atoms with Crippen molar-refractivity contribution in [3.63, 3.8) is 0 Å². The molecule has 1 aromatic carbocycles. The van der Waals surface area contributed by atoms with Crippen molar-refractivity contribution in [1.82, 2.24) is 5.32 Å². The van der Waals surface area contributed by atoms with E-state index in [4.69, 9.17) is 4.74 Å². The first-order chi connectivity index (χ1) is 8.59. The van der Waals surface area contributed by atoms with Gasteiger partial charge in [-0.1, -0.05) is 24.3 Å². The van der Waals surface area contributed by atoms with Crippen molar-refractivity contribution in [2.75, 3.05) is 38.8 Å². The van der Waals surface area contributed by atoms with Crippen LogP contribution in [0.2, 0.25) is 0 Å². The summed E-state index contributed by atoms with van der Waals surface area (Å²) in [5.41, 5.74) is 3.58. The number of nitrogens with zero attached hydrogens (tertiary/aromatic N) is 1. The molecule has 1 aromatic rings. The van der Waals surface area contributed by atoms with Gasteiger partial charge in [-0.15, -0.1) is 0 Å². The second-order valence-electron chi connectivity index (χ2n) is 4.75. The smallest absolute Gasteiger partial charge is 0.0672 e. The molecule has 0 atom stereocenters. The lowest BCUT2D eigenvalue weighted by Gasteiger charge is -2.13. The molecule has 0 fully saturated rings. The van der Waals surface area contributed by atoms with Gasteiger partial charge in [-0.2, -0.15) is 0 Å². The Labute approximate surface area is 110 Å². The molecule has 100 valence electrons. The van der Waals surface area contributed by atoms with E-state index < -0.39 is 0 Å². The van der Waals surface area contributed by atoms with Crippen LogP contribution in [-0.2, 0) is 11.3 Å². The fraction of sp³-hybridized carbons (Fsp3) is 0.467. The Morgan fingerprint density at radius 3 is 2.50 bits per heavy atom. The van der Waals surface area contributed by atoms with E-state index in [0.717, 1.165) is 25.3 Å². The molecule has 3 heteroatoms. The van der Waals surface area contributed by atoms with Crippen molar-refractivity contribution >= 4 is 5.69 Å². The van der Waals surface area contributed by atoms with Gasteiger partial charge in [0.05, 0.1) is 13.2 Å². The number of rotatable bonds is 8. The van der Waals surface area contributed by atoms with Gasteiger partial charge in [0.1, 0.15) is 0 Å². The lowest BCUT2D eigenvalue weighted by Crippen LogP contribution is -2.19. The average molecular weight is 248 g/mol. The summed E-state index contributed by atoms with van der Waals surface area (Å²) in [6, 6.07) is 8.57. The van der Waals surface area contributed by atoms with Gasteiger partial charge in [0.2, 0.25) is 0 Å². The Balaban J connectivity index is 2.17. The van der Waals surface area contributed by atoms with Crippen LogP contribution in [0.25, 0.3) is 0 Å². The molecule has 1 rings (SSSR count). The van der Waals surface area contributed by atoms with Crippen molar-refractivity contribution in [3.05, 3.63) is 42.0 Å². The van der Waals surface area contributed by atoms with E-state index in [2.05, 4.69) is 41.1 Å². The van der Waals surface area contributed by atoms with Crippen molar-refractivity contribution in [2.24, 2.45) is 0 Å². The van der Waals surface area contributed by atoms with Crippen LogP contribution in [0, 0.1) is 0 Å². The number of nitrogens with one attached hydrogen (secondary N) is 1. The topological polar surface area (TPSA) is 24.5 Å². The van der Waals surface area contributed by atoms with Gasteiger partial charge in [0.25, 0.3) is 0 Å². The zero-order valence-electron chi connectivity index (χ0n) is 11.7. The first-order valence-corrected chi connectivity index (χ1v) is 6.28.